The zero-order chi connectivity index (χ0) is 9.14. The summed E-state index contributed by atoms with van der Waals surface area (Å²) in [7, 11) is 0. The van der Waals surface area contributed by atoms with Crippen molar-refractivity contribution in [3.63, 3.8) is 0 Å². The second-order valence-corrected chi connectivity index (χ2v) is 4.19. The third kappa shape index (κ3) is 2.34. The predicted molar refractivity (Wildman–Crippen MR) is 44.9 cm³/mol. The van der Waals surface area contributed by atoms with Crippen LogP contribution in [0.15, 0.2) is 4.94 Å². The van der Waals surface area contributed by atoms with E-state index in [1.807, 2.05) is 4.94 Å². The van der Waals surface area contributed by atoms with Crippen molar-refractivity contribution in [2.24, 2.45) is 5.73 Å². The molecule has 1 heterocycles. The monoisotopic (exact) mass is 235 g/mol. The van der Waals surface area contributed by atoms with Crippen LogP contribution in [0, 0.1) is 0 Å². The number of carboxylic acid groups (broad SMARTS) is 1. The van der Waals surface area contributed by atoms with Gasteiger partial charge in [-0.05, 0) is 0 Å². The van der Waals surface area contributed by atoms with Gasteiger partial charge in [-0.15, -0.1) is 0 Å². The molecular weight excluding hydrogens is 225 g/mol. The van der Waals surface area contributed by atoms with Gasteiger partial charge >= 0.3 is 74.6 Å². The van der Waals surface area contributed by atoms with E-state index in [2.05, 4.69) is 4.98 Å². The van der Waals surface area contributed by atoms with Crippen LogP contribution in [-0.2, 0) is 11.2 Å². The SMILES string of the molecule is Nc1nc(CC(N)C(=O)O)c[se]1. The minimum atomic E-state index is -1.01. The van der Waals surface area contributed by atoms with Gasteiger partial charge in [-0.2, -0.15) is 0 Å². The third-order valence-corrected chi connectivity index (χ3v) is 2.83. The summed E-state index contributed by atoms with van der Waals surface area (Å²) in [6.45, 7) is 0. The molecule has 12 heavy (non-hydrogen) atoms. The van der Waals surface area contributed by atoms with E-state index in [-0.39, 0.29) is 20.9 Å². The maximum absolute atomic E-state index is 10.3. The van der Waals surface area contributed by atoms with Gasteiger partial charge in [0.2, 0.25) is 0 Å². The first-order valence-corrected chi connectivity index (χ1v) is 5.12. The number of hydrogen-bond acceptors (Lipinski definition) is 4. The minimum absolute atomic E-state index is 0.0908. The average Bonchev–Trinajstić information content (AvgIpc) is 2.35. The Morgan fingerprint density at radius 2 is 2.50 bits per heavy atom. The summed E-state index contributed by atoms with van der Waals surface area (Å²) in [6, 6.07) is -0.873. The van der Waals surface area contributed by atoms with E-state index in [0.29, 0.717) is 10.4 Å². The normalized spacial score (nSPS) is 12.8. The molecule has 0 aliphatic carbocycles. The number of rotatable bonds is 3. The number of nitrogen functional groups attached to an aromatic ring is 1. The van der Waals surface area contributed by atoms with Gasteiger partial charge in [0.05, 0.1) is 0 Å². The summed E-state index contributed by atoms with van der Waals surface area (Å²) < 4.78 is 0.579. The van der Waals surface area contributed by atoms with Crippen molar-refractivity contribution >= 4 is 25.2 Å². The number of aromatic nitrogens is 1. The van der Waals surface area contributed by atoms with Crippen LogP contribution in [0.25, 0.3) is 0 Å². The number of nitrogens with zero attached hydrogens (tertiary/aromatic N) is 1. The topological polar surface area (TPSA) is 102 Å². The number of aliphatic carboxylic acids is 1. The molecule has 0 aliphatic heterocycles. The van der Waals surface area contributed by atoms with E-state index in [1.165, 1.54) is 0 Å². The molecule has 0 amide bonds. The molecule has 0 aromatic carbocycles. The van der Waals surface area contributed by atoms with Gasteiger partial charge < -0.3 is 0 Å². The number of anilines is 1. The zero-order valence-corrected chi connectivity index (χ0v) is 7.94. The average molecular weight is 234 g/mol. The number of carboxylic acids is 1. The van der Waals surface area contributed by atoms with Crippen LogP contribution in [0.3, 0.4) is 0 Å². The molecule has 0 aliphatic rings. The molecule has 1 aromatic rings. The zero-order valence-electron chi connectivity index (χ0n) is 6.23. The number of nitrogens with two attached hydrogens (primary N) is 2. The quantitative estimate of drug-likeness (QED) is 0.562. The fourth-order valence-electron chi connectivity index (χ4n) is 0.729. The summed E-state index contributed by atoms with van der Waals surface area (Å²) >= 11 is 0.0908. The molecular formula is C6H9N3O2Se. The molecule has 0 spiro atoms. The molecule has 0 saturated carbocycles. The van der Waals surface area contributed by atoms with Crippen LogP contribution in [0.4, 0.5) is 4.69 Å². The van der Waals surface area contributed by atoms with Gasteiger partial charge in [0.25, 0.3) is 0 Å². The van der Waals surface area contributed by atoms with E-state index >= 15 is 0 Å². The van der Waals surface area contributed by atoms with Crippen molar-refractivity contribution in [2.75, 3.05) is 5.73 Å². The molecule has 0 radical (unpaired) electrons. The van der Waals surface area contributed by atoms with E-state index in [9.17, 15) is 4.79 Å². The Kier molecular flexibility index (Phi) is 2.86. The fourth-order valence-corrected chi connectivity index (χ4v) is 1.94. The first-order valence-electron chi connectivity index (χ1n) is 3.28. The molecule has 1 unspecified atom stereocenters. The van der Waals surface area contributed by atoms with Crippen molar-refractivity contribution in [1.82, 2.24) is 4.98 Å². The molecule has 0 saturated heterocycles. The molecule has 0 bridgehead atoms. The maximum atomic E-state index is 10.3. The van der Waals surface area contributed by atoms with E-state index in [1.54, 1.807) is 0 Å². The first kappa shape index (κ1) is 9.25. The predicted octanol–water partition coefficient (Wildman–Crippen LogP) is -1.32. The third-order valence-electron chi connectivity index (χ3n) is 1.32. The summed E-state index contributed by atoms with van der Waals surface area (Å²) in [5.74, 6) is -1.01. The molecule has 5 N–H and O–H groups in total. The van der Waals surface area contributed by atoms with E-state index in [4.69, 9.17) is 16.6 Å². The molecule has 66 valence electrons. The van der Waals surface area contributed by atoms with Gasteiger partial charge in [-0.25, -0.2) is 0 Å². The molecule has 1 atom stereocenters. The van der Waals surface area contributed by atoms with E-state index < -0.39 is 12.0 Å². The first-order chi connectivity index (χ1) is 5.59. The summed E-state index contributed by atoms with van der Waals surface area (Å²) in [4.78, 5) is 16.1. The second kappa shape index (κ2) is 3.71. The Labute approximate surface area is 75.1 Å². The van der Waals surface area contributed by atoms with Crippen molar-refractivity contribution in [3.8, 4) is 0 Å². The van der Waals surface area contributed by atoms with Crippen molar-refractivity contribution in [1.29, 1.82) is 0 Å². The Hall–Kier alpha value is -0.841. The Morgan fingerprint density at radius 1 is 1.83 bits per heavy atom. The molecule has 1 aromatic heterocycles. The van der Waals surface area contributed by atoms with Gasteiger partial charge in [0.1, 0.15) is 0 Å². The molecule has 0 fully saturated rings. The summed E-state index contributed by atoms with van der Waals surface area (Å²) in [5.41, 5.74) is 11.4. The van der Waals surface area contributed by atoms with Crippen molar-refractivity contribution in [2.45, 2.75) is 12.5 Å². The second-order valence-electron chi connectivity index (χ2n) is 2.33. The Balaban J connectivity index is 2.58. The van der Waals surface area contributed by atoms with E-state index in [0.717, 1.165) is 0 Å². The Bertz CT molecular complexity index is 286. The fraction of sp³-hybridized carbons (Fsp3) is 0.333. The van der Waals surface area contributed by atoms with Gasteiger partial charge in [-0.3, -0.25) is 0 Å². The van der Waals surface area contributed by atoms with Gasteiger partial charge in [0, 0.05) is 0 Å². The summed E-state index contributed by atoms with van der Waals surface area (Å²) in [5, 5.41) is 8.48. The molecule has 1 rings (SSSR count). The number of hydrogen-bond donors (Lipinski definition) is 3. The van der Waals surface area contributed by atoms with Gasteiger partial charge in [-0.1, -0.05) is 0 Å². The Morgan fingerprint density at radius 3 is 2.92 bits per heavy atom. The molecule has 5 nitrogen and oxygen atoms in total. The van der Waals surface area contributed by atoms with Crippen LogP contribution in [0.5, 0.6) is 0 Å². The summed E-state index contributed by atoms with van der Waals surface area (Å²) in [6.07, 6.45) is 0.262. The van der Waals surface area contributed by atoms with Crippen LogP contribution in [0.2, 0.25) is 0 Å². The van der Waals surface area contributed by atoms with Gasteiger partial charge in [0.15, 0.2) is 0 Å². The van der Waals surface area contributed by atoms with Crippen LogP contribution in [-0.4, -0.2) is 36.6 Å². The standard InChI is InChI=1S/C6H9N3O2Se/c7-4(5(10)11)1-3-2-12-6(8)9-3/h2,4H,1,7H2,(H2,8,9)(H,10,11). The molecule has 6 heteroatoms. The van der Waals surface area contributed by atoms with Crippen LogP contribution >= 0.6 is 0 Å². The van der Waals surface area contributed by atoms with Crippen LogP contribution < -0.4 is 11.5 Å². The van der Waals surface area contributed by atoms with Crippen LogP contribution in [0.1, 0.15) is 5.69 Å². The van der Waals surface area contributed by atoms with Crippen molar-refractivity contribution in [3.05, 3.63) is 10.6 Å². The number of carbonyl (C=O) groups is 1. The van der Waals surface area contributed by atoms with Crippen molar-refractivity contribution < 1.29 is 9.90 Å².